The molecule has 7 heteroatoms. The van der Waals surface area contributed by atoms with Crippen LogP contribution in [0.4, 0.5) is 0 Å². The number of guanidine groups is 1. The monoisotopic (exact) mass is 390 g/mol. The smallest absolute Gasteiger partial charge is 0.191 e. The summed E-state index contributed by atoms with van der Waals surface area (Å²) in [6, 6.07) is 6.06. The highest BCUT2D eigenvalue weighted by atomic mass is 32.1. The second-order valence-electron chi connectivity index (χ2n) is 6.16. The highest BCUT2D eigenvalue weighted by molar-refractivity contribution is 7.11. The average Bonchev–Trinajstić information content (AvgIpc) is 3.00. The van der Waals surface area contributed by atoms with Crippen molar-refractivity contribution in [1.29, 1.82) is 0 Å². The van der Waals surface area contributed by atoms with Crippen molar-refractivity contribution < 1.29 is 9.47 Å². The summed E-state index contributed by atoms with van der Waals surface area (Å²) in [6.45, 7) is 8.48. The third kappa shape index (κ3) is 6.43. The Hall–Kier alpha value is -2.28. The number of nitrogens with zero attached hydrogens (tertiary/aromatic N) is 2. The zero-order valence-electron chi connectivity index (χ0n) is 16.9. The van der Waals surface area contributed by atoms with E-state index in [0.717, 1.165) is 54.1 Å². The Morgan fingerprint density at radius 2 is 1.93 bits per heavy atom. The lowest BCUT2D eigenvalue weighted by Crippen LogP contribution is -2.37. The van der Waals surface area contributed by atoms with Crippen molar-refractivity contribution >= 4 is 17.3 Å². The van der Waals surface area contributed by atoms with Gasteiger partial charge in [-0.25, -0.2) is 9.98 Å². The fourth-order valence-electron chi connectivity index (χ4n) is 2.63. The highest BCUT2D eigenvalue weighted by Crippen LogP contribution is 2.27. The van der Waals surface area contributed by atoms with E-state index in [1.54, 1.807) is 25.6 Å². The van der Waals surface area contributed by atoms with E-state index in [0.29, 0.717) is 6.54 Å². The van der Waals surface area contributed by atoms with Gasteiger partial charge in [-0.2, -0.15) is 0 Å². The van der Waals surface area contributed by atoms with Crippen LogP contribution in [0.1, 0.15) is 34.5 Å². The average molecular weight is 391 g/mol. The van der Waals surface area contributed by atoms with Crippen molar-refractivity contribution in [3.8, 4) is 11.5 Å². The second-order valence-corrected chi connectivity index (χ2v) is 7.45. The molecule has 0 unspecified atom stereocenters. The third-order valence-electron chi connectivity index (χ3n) is 4.17. The molecule has 1 heterocycles. The summed E-state index contributed by atoms with van der Waals surface area (Å²) < 4.78 is 10.6. The Balaban J connectivity index is 1.84. The molecule has 0 radical (unpaired) electrons. The minimum atomic E-state index is 0.602. The zero-order chi connectivity index (χ0) is 19.6. The maximum atomic E-state index is 5.36. The van der Waals surface area contributed by atoms with E-state index in [4.69, 9.17) is 9.47 Å². The largest absolute Gasteiger partial charge is 0.493 e. The number of aliphatic imine (C=N–C) groups is 1. The van der Waals surface area contributed by atoms with Crippen molar-refractivity contribution in [2.24, 2.45) is 4.99 Å². The minimum absolute atomic E-state index is 0.602. The number of ether oxygens (including phenoxy) is 2. The van der Waals surface area contributed by atoms with Crippen molar-refractivity contribution in [3.05, 3.63) is 39.3 Å². The maximum absolute atomic E-state index is 5.36. The maximum Gasteiger partial charge on any atom is 0.191 e. The van der Waals surface area contributed by atoms with Crippen LogP contribution in [-0.4, -0.2) is 38.3 Å². The fourth-order valence-corrected chi connectivity index (χ4v) is 3.49. The van der Waals surface area contributed by atoms with Crippen LogP contribution in [0.5, 0.6) is 11.5 Å². The van der Waals surface area contributed by atoms with Crippen molar-refractivity contribution in [1.82, 2.24) is 15.6 Å². The molecule has 1 aromatic carbocycles. The molecule has 0 spiro atoms. The molecular weight excluding hydrogens is 360 g/mol. The number of hydrogen-bond donors (Lipinski definition) is 2. The van der Waals surface area contributed by atoms with Crippen LogP contribution in [-0.2, 0) is 13.0 Å². The Morgan fingerprint density at radius 1 is 1.15 bits per heavy atom. The molecule has 0 saturated carbocycles. The Labute approximate surface area is 166 Å². The lowest BCUT2D eigenvalue weighted by atomic mass is 10.1. The minimum Gasteiger partial charge on any atom is -0.493 e. The van der Waals surface area contributed by atoms with Gasteiger partial charge >= 0.3 is 0 Å². The fraction of sp³-hybridized carbons (Fsp3) is 0.500. The van der Waals surface area contributed by atoms with Gasteiger partial charge in [0.2, 0.25) is 0 Å². The van der Waals surface area contributed by atoms with E-state index in [1.165, 1.54) is 10.4 Å². The van der Waals surface area contributed by atoms with Crippen molar-refractivity contribution in [3.63, 3.8) is 0 Å². The molecule has 0 bridgehead atoms. The highest BCUT2D eigenvalue weighted by Gasteiger charge is 2.06. The molecule has 0 aliphatic rings. The van der Waals surface area contributed by atoms with Gasteiger partial charge in [0.05, 0.1) is 26.5 Å². The molecule has 2 rings (SSSR count). The van der Waals surface area contributed by atoms with E-state index in [-0.39, 0.29) is 0 Å². The number of hydrogen-bond acceptors (Lipinski definition) is 5. The van der Waals surface area contributed by atoms with Gasteiger partial charge in [0.1, 0.15) is 5.01 Å². The standard InChI is InChI=1S/C20H30N4O2S/c1-6-21-20(23-13-19-24-14(2)15(3)27-19)22-11-7-8-16-9-10-17(25-4)18(12-16)26-5/h9-10,12H,6-8,11,13H2,1-5H3,(H2,21,22,23). The Kier molecular flexibility index (Phi) is 8.39. The predicted molar refractivity (Wildman–Crippen MR) is 112 cm³/mol. The first-order valence-electron chi connectivity index (χ1n) is 9.23. The van der Waals surface area contributed by atoms with Gasteiger partial charge in [-0.1, -0.05) is 6.07 Å². The molecule has 1 aromatic heterocycles. The topological polar surface area (TPSA) is 67.8 Å². The van der Waals surface area contributed by atoms with Crippen LogP contribution < -0.4 is 20.1 Å². The number of thiazole rings is 1. The van der Waals surface area contributed by atoms with E-state index < -0.39 is 0 Å². The Morgan fingerprint density at radius 3 is 2.56 bits per heavy atom. The molecule has 2 N–H and O–H groups in total. The summed E-state index contributed by atoms with van der Waals surface area (Å²) in [7, 11) is 3.31. The second kappa shape index (κ2) is 10.8. The van der Waals surface area contributed by atoms with Crippen LogP contribution >= 0.6 is 11.3 Å². The molecule has 0 fully saturated rings. The molecule has 0 amide bonds. The van der Waals surface area contributed by atoms with Crippen molar-refractivity contribution in [2.45, 2.75) is 40.2 Å². The first-order valence-corrected chi connectivity index (χ1v) is 10.0. The summed E-state index contributed by atoms with van der Waals surface area (Å²) in [5.74, 6) is 2.36. The van der Waals surface area contributed by atoms with E-state index >= 15 is 0 Å². The van der Waals surface area contributed by atoms with Crippen molar-refractivity contribution in [2.75, 3.05) is 27.3 Å². The van der Waals surface area contributed by atoms with Gasteiger partial charge in [-0.15, -0.1) is 11.3 Å². The van der Waals surface area contributed by atoms with Crippen LogP contribution in [0, 0.1) is 13.8 Å². The summed E-state index contributed by atoms with van der Waals surface area (Å²) in [6.07, 6.45) is 1.95. The zero-order valence-corrected chi connectivity index (χ0v) is 17.7. The van der Waals surface area contributed by atoms with E-state index in [1.807, 2.05) is 19.1 Å². The molecule has 6 nitrogen and oxygen atoms in total. The molecule has 0 atom stereocenters. The molecule has 0 aliphatic carbocycles. The quantitative estimate of drug-likeness (QED) is 0.390. The molecule has 2 aromatic rings. The number of nitrogens with one attached hydrogen (secondary N) is 2. The molecule has 0 saturated heterocycles. The first kappa shape index (κ1) is 21.0. The van der Waals surface area contributed by atoms with Gasteiger partial charge < -0.3 is 20.1 Å². The lowest BCUT2D eigenvalue weighted by molar-refractivity contribution is 0.354. The summed E-state index contributed by atoms with van der Waals surface area (Å²) in [5.41, 5.74) is 2.32. The summed E-state index contributed by atoms with van der Waals surface area (Å²) in [4.78, 5) is 10.4. The number of aromatic nitrogens is 1. The van der Waals surface area contributed by atoms with E-state index in [9.17, 15) is 0 Å². The number of rotatable bonds is 9. The molecule has 0 aliphatic heterocycles. The van der Waals surface area contributed by atoms with Crippen LogP contribution in [0.3, 0.4) is 0 Å². The predicted octanol–water partition coefficient (Wildman–Crippen LogP) is 3.47. The Bertz CT molecular complexity index is 739. The molecule has 27 heavy (non-hydrogen) atoms. The number of benzene rings is 1. The van der Waals surface area contributed by atoms with Gasteiger partial charge in [0, 0.05) is 18.0 Å². The first-order chi connectivity index (χ1) is 13.1. The number of aryl methyl sites for hydroxylation is 3. The number of methoxy groups -OCH3 is 2. The molecular formula is C20H30N4O2S. The van der Waals surface area contributed by atoms with Gasteiger partial charge in [-0.05, 0) is 51.3 Å². The van der Waals surface area contributed by atoms with Crippen LogP contribution in [0.2, 0.25) is 0 Å². The van der Waals surface area contributed by atoms with Gasteiger partial charge in [0.25, 0.3) is 0 Å². The lowest BCUT2D eigenvalue weighted by Gasteiger charge is -2.12. The van der Waals surface area contributed by atoms with Crippen LogP contribution in [0.15, 0.2) is 23.2 Å². The summed E-state index contributed by atoms with van der Waals surface area (Å²) >= 11 is 1.71. The van der Waals surface area contributed by atoms with E-state index in [2.05, 4.69) is 40.5 Å². The SMILES string of the molecule is CCNC(=NCc1nc(C)c(C)s1)NCCCc1ccc(OC)c(OC)c1. The third-order valence-corrected chi connectivity index (χ3v) is 5.23. The molecule has 148 valence electrons. The van der Waals surface area contributed by atoms with Gasteiger partial charge in [0.15, 0.2) is 17.5 Å². The normalized spacial score (nSPS) is 11.4. The van der Waals surface area contributed by atoms with Gasteiger partial charge in [-0.3, -0.25) is 0 Å². The summed E-state index contributed by atoms with van der Waals surface area (Å²) in [5, 5.41) is 7.73. The van der Waals surface area contributed by atoms with Crippen LogP contribution in [0.25, 0.3) is 0 Å².